The molecule has 1 nitrogen and oxygen atoms in total. The average Bonchev–Trinajstić information content (AvgIpc) is 2.49. The van der Waals surface area contributed by atoms with Crippen LogP contribution in [0.5, 0.6) is 0 Å². The van der Waals surface area contributed by atoms with Gasteiger partial charge in [-0.15, -0.1) is 11.3 Å². The monoisotopic (exact) mass is 267 g/mol. The Bertz CT molecular complexity index is 442. The molecule has 0 aliphatic heterocycles. The second-order valence-corrected chi connectivity index (χ2v) is 4.95. The number of aromatic nitrogens is 1. The van der Waals surface area contributed by atoms with Crippen LogP contribution < -0.4 is 0 Å². The van der Waals surface area contributed by atoms with Gasteiger partial charge >= 0.3 is 0 Å². The van der Waals surface area contributed by atoms with Gasteiger partial charge in [0.2, 0.25) is 0 Å². The zero-order chi connectivity index (χ0) is 10.1. The van der Waals surface area contributed by atoms with Crippen LogP contribution >= 0.6 is 27.3 Å². The molecule has 0 N–H and O–H groups in total. The van der Waals surface area contributed by atoms with E-state index in [-0.39, 0.29) is 0 Å². The van der Waals surface area contributed by atoms with Crippen LogP contribution in [0, 0.1) is 13.8 Å². The summed E-state index contributed by atoms with van der Waals surface area (Å²) < 4.78 is 0.938. The van der Waals surface area contributed by atoms with Gasteiger partial charge in [0, 0.05) is 0 Å². The van der Waals surface area contributed by atoms with E-state index in [1.807, 2.05) is 5.51 Å². The Labute approximate surface area is 95.9 Å². The van der Waals surface area contributed by atoms with Gasteiger partial charge in [-0.2, -0.15) is 0 Å². The Morgan fingerprint density at radius 3 is 2.29 bits per heavy atom. The van der Waals surface area contributed by atoms with E-state index in [2.05, 4.69) is 53.0 Å². The van der Waals surface area contributed by atoms with E-state index in [1.165, 1.54) is 21.6 Å². The summed E-state index contributed by atoms with van der Waals surface area (Å²) in [6, 6.07) is 6.55. The van der Waals surface area contributed by atoms with E-state index < -0.39 is 0 Å². The summed E-state index contributed by atoms with van der Waals surface area (Å²) in [7, 11) is 0. The fraction of sp³-hybridized carbons (Fsp3) is 0.182. The first kappa shape index (κ1) is 9.87. The lowest BCUT2D eigenvalue weighted by Crippen LogP contribution is -1.80. The van der Waals surface area contributed by atoms with Crippen molar-refractivity contribution in [3.63, 3.8) is 0 Å². The Morgan fingerprint density at radius 2 is 1.79 bits per heavy atom. The first-order chi connectivity index (χ1) is 6.66. The summed E-state index contributed by atoms with van der Waals surface area (Å²) in [5, 5.41) is 0. The molecule has 0 unspecified atom stereocenters. The molecule has 0 bridgehead atoms. The number of thiazole rings is 1. The molecule has 2 rings (SSSR count). The molecular weight excluding hydrogens is 258 g/mol. The molecule has 0 spiro atoms. The van der Waals surface area contributed by atoms with Gasteiger partial charge in [-0.05, 0) is 35.3 Å². The van der Waals surface area contributed by atoms with Crippen molar-refractivity contribution in [3.05, 3.63) is 39.4 Å². The van der Waals surface area contributed by atoms with Crippen molar-refractivity contribution >= 4 is 27.3 Å². The van der Waals surface area contributed by atoms with Gasteiger partial charge in [0.05, 0.1) is 10.4 Å². The SMILES string of the molecule is Cc1cc(C)cc(-c2scnc2Br)c1. The Morgan fingerprint density at radius 1 is 1.14 bits per heavy atom. The number of hydrogen-bond donors (Lipinski definition) is 0. The molecule has 0 atom stereocenters. The molecular formula is C11H10BrNS. The van der Waals surface area contributed by atoms with Gasteiger partial charge < -0.3 is 0 Å². The third-order valence-corrected chi connectivity index (χ3v) is 3.75. The predicted molar refractivity (Wildman–Crippen MR) is 64.7 cm³/mol. The van der Waals surface area contributed by atoms with E-state index in [9.17, 15) is 0 Å². The topological polar surface area (TPSA) is 12.9 Å². The highest BCUT2D eigenvalue weighted by molar-refractivity contribution is 9.10. The minimum absolute atomic E-state index is 0.938. The summed E-state index contributed by atoms with van der Waals surface area (Å²) in [4.78, 5) is 5.39. The molecule has 0 fully saturated rings. The van der Waals surface area contributed by atoms with Crippen molar-refractivity contribution in [1.29, 1.82) is 0 Å². The predicted octanol–water partition coefficient (Wildman–Crippen LogP) is 4.19. The van der Waals surface area contributed by atoms with Gasteiger partial charge in [-0.25, -0.2) is 4.98 Å². The smallest absolute Gasteiger partial charge is 0.124 e. The molecule has 0 aliphatic rings. The van der Waals surface area contributed by atoms with E-state index in [0.717, 1.165) is 4.60 Å². The van der Waals surface area contributed by atoms with Crippen LogP contribution in [0.1, 0.15) is 11.1 Å². The van der Waals surface area contributed by atoms with Gasteiger partial charge in [0.1, 0.15) is 4.60 Å². The summed E-state index contributed by atoms with van der Waals surface area (Å²) in [6.07, 6.45) is 0. The Hall–Kier alpha value is -0.670. The van der Waals surface area contributed by atoms with Crippen LogP contribution in [-0.2, 0) is 0 Å². The van der Waals surface area contributed by atoms with Crippen LogP contribution in [0.2, 0.25) is 0 Å². The molecule has 0 amide bonds. The van der Waals surface area contributed by atoms with E-state index in [1.54, 1.807) is 11.3 Å². The van der Waals surface area contributed by atoms with Crippen LogP contribution in [-0.4, -0.2) is 4.98 Å². The van der Waals surface area contributed by atoms with Crippen LogP contribution in [0.15, 0.2) is 28.3 Å². The molecule has 72 valence electrons. The maximum atomic E-state index is 4.19. The third kappa shape index (κ3) is 1.88. The van der Waals surface area contributed by atoms with E-state index in [4.69, 9.17) is 0 Å². The normalized spacial score (nSPS) is 10.5. The molecule has 1 aromatic carbocycles. The lowest BCUT2D eigenvalue weighted by Gasteiger charge is -2.02. The number of nitrogens with zero attached hydrogens (tertiary/aromatic N) is 1. The first-order valence-electron chi connectivity index (χ1n) is 4.34. The van der Waals surface area contributed by atoms with Crippen molar-refractivity contribution in [1.82, 2.24) is 4.98 Å². The largest absolute Gasteiger partial charge is 0.237 e. The summed E-state index contributed by atoms with van der Waals surface area (Å²) in [5.74, 6) is 0. The molecule has 0 aliphatic carbocycles. The second kappa shape index (κ2) is 3.83. The van der Waals surface area contributed by atoms with Crippen LogP contribution in [0.4, 0.5) is 0 Å². The van der Waals surface area contributed by atoms with E-state index >= 15 is 0 Å². The standard InChI is InChI=1S/C11H10BrNS/c1-7-3-8(2)5-9(4-7)10-11(12)13-6-14-10/h3-6H,1-2H3. The maximum Gasteiger partial charge on any atom is 0.124 e. The lowest BCUT2D eigenvalue weighted by molar-refractivity contribution is 1.35. The molecule has 2 aromatic rings. The summed E-state index contributed by atoms with van der Waals surface area (Å²) in [5.41, 5.74) is 5.69. The number of hydrogen-bond acceptors (Lipinski definition) is 2. The molecule has 0 saturated heterocycles. The molecule has 14 heavy (non-hydrogen) atoms. The van der Waals surface area contributed by atoms with Crippen LogP contribution in [0.25, 0.3) is 10.4 Å². The average molecular weight is 268 g/mol. The van der Waals surface area contributed by atoms with Crippen molar-refractivity contribution in [2.75, 3.05) is 0 Å². The molecule has 1 aromatic heterocycles. The van der Waals surface area contributed by atoms with Gasteiger partial charge in [0.25, 0.3) is 0 Å². The molecule has 0 radical (unpaired) electrons. The Kier molecular flexibility index (Phi) is 2.70. The molecule has 1 heterocycles. The quantitative estimate of drug-likeness (QED) is 0.755. The molecule has 0 saturated carbocycles. The molecule has 3 heteroatoms. The zero-order valence-corrected chi connectivity index (χ0v) is 10.4. The first-order valence-corrected chi connectivity index (χ1v) is 6.02. The van der Waals surface area contributed by atoms with Crippen molar-refractivity contribution < 1.29 is 0 Å². The van der Waals surface area contributed by atoms with Gasteiger partial charge in [-0.1, -0.05) is 29.3 Å². The van der Waals surface area contributed by atoms with Crippen molar-refractivity contribution in [2.45, 2.75) is 13.8 Å². The van der Waals surface area contributed by atoms with Crippen molar-refractivity contribution in [2.24, 2.45) is 0 Å². The fourth-order valence-corrected chi connectivity index (χ4v) is 2.94. The highest BCUT2D eigenvalue weighted by Gasteiger charge is 2.06. The lowest BCUT2D eigenvalue weighted by atomic mass is 10.1. The zero-order valence-electron chi connectivity index (χ0n) is 8.04. The minimum atomic E-state index is 0.938. The fourth-order valence-electron chi connectivity index (χ4n) is 1.53. The highest BCUT2D eigenvalue weighted by atomic mass is 79.9. The second-order valence-electron chi connectivity index (χ2n) is 3.35. The van der Waals surface area contributed by atoms with Gasteiger partial charge in [0.15, 0.2) is 0 Å². The highest BCUT2D eigenvalue weighted by Crippen LogP contribution is 2.32. The number of benzene rings is 1. The van der Waals surface area contributed by atoms with Crippen LogP contribution in [0.3, 0.4) is 0 Å². The number of halogens is 1. The Balaban J connectivity index is 2.57. The summed E-state index contributed by atoms with van der Waals surface area (Å²) >= 11 is 5.11. The number of rotatable bonds is 1. The summed E-state index contributed by atoms with van der Waals surface area (Å²) in [6.45, 7) is 4.23. The number of aryl methyl sites for hydroxylation is 2. The van der Waals surface area contributed by atoms with Gasteiger partial charge in [-0.3, -0.25) is 0 Å². The third-order valence-electron chi connectivity index (χ3n) is 2.01. The van der Waals surface area contributed by atoms with E-state index in [0.29, 0.717) is 0 Å². The minimum Gasteiger partial charge on any atom is -0.237 e. The maximum absolute atomic E-state index is 4.19. The van der Waals surface area contributed by atoms with Crippen molar-refractivity contribution in [3.8, 4) is 10.4 Å².